The number of hydrazone groups is 1. The number of hydrogen-bond acceptors (Lipinski definition) is 5. The number of furan rings is 1. The summed E-state index contributed by atoms with van der Waals surface area (Å²) in [7, 11) is 3.16. The fourth-order valence-electron chi connectivity index (χ4n) is 2.80. The molecular weight excluding hydrogens is 424 g/mol. The summed E-state index contributed by atoms with van der Waals surface area (Å²) in [5.41, 5.74) is 4.77. The molecule has 0 unspecified atom stereocenters. The Morgan fingerprint density at radius 3 is 2.79 bits per heavy atom. The molecular formula is C21H19BrN2O4. The fourth-order valence-corrected chi connectivity index (χ4v) is 3.17. The number of amides is 1. The lowest BCUT2D eigenvalue weighted by Gasteiger charge is -2.12. The molecule has 0 atom stereocenters. The molecule has 3 rings (SSSR count). The number of nitrogens with one attached hydrogen (secondary N) is 1. The van der Waals surface area contributed by atoms with Crippen molar-refractivity contribution in [1.82, 2.24) is 5.43 Å². The van der Waals surface area contributed by atoms with Crippen molar-refractivity contribution in [3.8, 4) is 11.5 Å². The molecule has 0 aliphatic heterocycles. The lowest BCUT2D eigenvalue weighted by Crippen LogP contribution is -2.16. The lowest BCUT2D eigenvalue weighted by atomic mass is 10.1. The first kappa shape index (κ1) is 19.7. The van der Waals surface area contributed by atoms with E-state index >= 15 is 0 Å². The van der Waals surface area contributed by atoms with Crippen molar-refractivity contribution >= 4 is 39.0 Å². The van der Waals surface area contributed by atoms with E-state index in [1.54, 1.807) is 38.5 Å². The van der Waals surface area contributed by atoms with Crippen LogP contribution in [0.15, 0.2) is 63.0 Å². The normalized spacial score (nSPS) is 11.0. The van der Waals surface area contributed by atoms with Crippen LogP contribution in [-0.2, 0) is 6.42 Å². The molecule has 0 bridgehead atoms. The standard InChI is InChI=1S/C21H19BrN2O4/c1-4-5-14-8-13(9-18(26-2)20(14)27-3)12-23-24-21(25)19-11-15-10-16(22)6-7-17(15)28-19/h4,6-12H,1,5H2,2-3H3,(H,24,25)/b23-12+. The molecule has 2 aromatic carbocycles. The van der Waals surface area contributed by atoms with Crippen molar-refractivity contribution in [1.29, 1.82) is 0 Å². The van der Waals surface area contributed by atoms with Crippen LogP contribution < -0.4 is 14.9 Å². The quantitative estimate of drug-likeness (QED) is 0.326. The van der Waals surface area contributed by atoms with Gasteiger partial charge in [-0.3, -0.25) is 4.79 Å². The van der Waals surface area contributed by atoms with Gasteiger partial charge in [-0.2, -0.15) is 5.10 Å². The van der Waals surface area contributed by atoms with Crippen molar-refractivity contribution < 1.29 is 18.7 Å². The highest BCUT2D eigenvalue weighted by Crippen LogP contribution is 2.32. The van der Waals surface area contributed by atoms with Crippen LogP contribution in [-0.4, -0.2) is 26.3 Å². The van der Waals surface area contributed by atoms with E-state index < -0.39 is 5.91 Å². The SMILES string of the molecule is C=CCc1cc(/C=N/NC(=O)c2cc3cc(Br)ccc3o2)cc(OC)c1OC. The van der Waals surface area contributed by atoms with Crippen LogP contribution in [0.25, 0.3) is 11.0 Å². The van der Waals surface area contributed by atoms with Gasteiger partial charge in [-0.15, -0.1) is 6.58 Å². The number of halogens is 1. The molecule has 1 N–H and O–H groups in total. The first-order valence-corrected chi connectivity index (χ1v) is 9.23. The fraction of sp³-hybridized carbons (Fsp3) is 0.143. The molecule has 0 saturated heterocycles. The number of fused-ring (bicyclic) bond motifs is 1. The van der Waals surface area contributed by atoms with Gasteiger partial charge in [0.1, 0.15) is 5.58 Å². The van der Waals surface area contributed by atoms with Gasteiger partial charge in [0.25, 0.3) is 0 Å². The van der Waals surface area contributed by atoms with Gasteiger partial charge < -0.3 is 13.9 Å². The maximum atomic E-state index is 12.3. The monoisotopic (exact) mass is 442 g/mol. The third kappa shape index (κ3) is 4.26. The van der Waals surface area contributed by atoms with Crippen molar-refractivity contribution in [3.05, 3.63) is 70.4 Å². The van der Waals surface area contributed by atoms with E-state index in [0.717, 1.165) is 21.0 Å². The predicted molar refractivity (Wildman–Crippen MR) is 112 cm³/mol. The molecule has 7 heteroatoms. The highest BCUT2D eigenvalue weighted by molar-refractivity contribution is 9.10. The van der Waals surface area contributed by atoms with Gasteiger partial charge >= 0.3 is 5.91 Å². The van der Waals surface area contributed by atoms with Crippen molar-refractivity contribution in [2.24, 2.45) is 5.10 Å². The smallest absolute Gasteiger partial charge is 0.307 e. The Kier molecular flexibility index (Phi) is 6.16. The molecule has 0 saturated carbocycles. The van der Waals surface area contributed by atoms with E-state index in [1.165, 1.54) is 6.21 Å². The van der Waals surface area contributed by atoms with E-state index in [9.17, 15) is 4.79 Å². The van der Waals surface area contributed by atoms with Gasteiger partial charge in [0, 0.05) is 15.4 Å². The summed E-state index contributed by atoms with van der Waals surface area (Å²) in [6.45, 7) is 3.76. The second-order valence-electron chi connectivity index (χ2n) is 5.90. The molecule has 6 nitrogen and oxygen atoms in total. The number of benzene rings is 2. The molecule has 1 amide bonds. The molecule has 0 aliphatic carbocycles. The zero-order chi connectivity index (χ0) is 20.1. The van der Waals surface area contributed by atoms with Crippen LogP contribution in [0.2, 0.25) is 0 Å². The number of methoxy groups -OCH3 is 2. The molecule has 1 heterocycles. The van der Waals surface area contributed by atoms with Crippen LogP contribution in [0, 0.1) is 0 Å². The molecule has 3 aromatic rings. The summed E-state index contributed by atoms with van der Waals surface area (Å²) in [6, 6.07) is 10.9. The number of hydrogen-bond donors (Lipinski definition) is 1. The third-order valence-corrected chi connectivity index (χ3v) is 4.52. The minimum absolute atomic E-state index is 0.185. The summed E-state index contributed by atoms with van der Waals surface area (Å²) in [6.07, 6.45) is 3.92. The van der Waals surface area contributed by atoms with E-state index in [4.69, 9.17) is 13.9 Å². The number of carbonyl (C=O) groups excluding carboxylic acids is 1. The van der Waals surface area contributed by atoms with E-state index in [1.807, 2.05) is 18.2 Å². The largest absolute Gasteiger partial charge is 0.493 e. The summed E-state index contributed by atoms with van der Waals surface area (Å²) < 4.78 is 17.2. The number of nitrogens with zero attached hydrogens (tertiary/aromatic N) is 1. The van der Waals surface area contributed by atoms with Crippen LogP contribution in [0.5, 0.6) is 11.5 Å². The lowest BCUT2D eigenvalue weighted by molar-refractivity contribution is 0.0929. The minimum atomic E-state index is -0.435. The minimum Gasteiger partial charge on any atom is -0.493 e. The number of carbonyl (C=O) groups is 1. The highest BCUT2D eigenvalue weighted by atomic mass is 79.9. The van der Waals surface area contributed by atoms with E-state index in [0.29, 0.717) is 23.5 Å². The molecule has 0 aliphatic rings. The first-order valence-electron chi connectivity index (χ1n) is 8.44. The van der Waals surface area contributed by atoms with Crippen LogP contribution in [0.3, 0.4) is 0 Å². The van der Waals surface area contributed by atoms with Gasteiger partial charge in [-0.1, -0.05) is 22.0 Å². The van der Waals surface area contributed by atoms with Gasteiger partial charge in [-0.25, -0.2) is 5.43 Å². The van der Waals surface area contributed by atoms with Crippen molar-refractivity contribution in [3.63, 3.8) is 0 Å². The van der Waals surface area contributed by atoms with Gasteiger partial charge in [0.05, 0.1) is 20.4 Å². The Hall–Kier alpha value is -3.06. The van der Waals surface area contributed by atoms with E-state index in [-0.39, 0.29) is 5.76 Å². The average molecular weight is 443 g/mol. The summed E-state index contributed by atoms with van der Waals surface area (Å²) in [5, 5.41) is 4.85. The molecule has 144 valence electrons. The van der Waals surface area contributed by atoms with Gasteiger partial charge in [-0.05, 0) is 48.4 Å². The van der Waals surface area contributed by atoms with Crippen LogP contribution in [0.1, 0.15) is 21.7 Å². The average Bonchev–Trinajstić information content (AvgIpc) is 3.11. The highest BCUT2D eigenvalue weighted by Gasteiger charge is 2.13. The molecule has 0 fully saturated rings. The molecule has 1 aromatic heterocycles. The summed E-state index contributed by atoms with van der Waals surface area (Å²) >= 11 is 3.39. The van der Waals surface area contributed by atoms with Crippen molar-refractivity contribution in [2.75, 3.05) is 14.2 Å². The number of rotatable bonds is 7. The van der Waals surface area contributed by atoms with Gasteiger partial charge in [0.15, 0.2) is 17.3 Å². The Morgan fingerprint density at radius 2 is 2.07 bits per heavy atom. The second kappa shape index (κ2) is 8.75. The maximum Gasteiger partial charge on any atom is 0.307 e. The molecule has 0 spiro atoms. The van der Waals surface area contributed by atoms with Crippen LogP contribution in [0.4, 0.5) is 0 Å². The zero-order valence-electron chi connectivity index (χ0n) is 15.5. The Morgan fingerprint density at radius 1 is 1.25 bits per heavy atom. The van der Waals surface area contributed by atoms with E-state index in [2.05, 4.69) is 33.0 Å². The predicted octanol–water partition coefficient (Wildman–Crippen LogP) is 4.70. The Balaban J connectivity index is 1.78. The first-order chi connectivity index (χ1) is 13.5. The summed E-state index contributed by atoms with van der Waals surface area (Å²) in [4.78, 5) is 12.3. The molecule has 28 heavy (non-hydrogen) atoms. The third-order valence-electron chi connectivity index (χ3n) is 4.02. The topological polar surface area (TPSA) is 73.1 Å². The van der Waals surface area contributed by atoms with Gasteiger partial charge in [0.2, 0.25) is 0 Å². The van der Waals surface area contributed by atoms with Crippen LogP contribution >= 0.6 is 15.9 Å². The number of allylic oxidation sites excluding steroid dienone is 1. The summed E-state index contributed by atoms with van der Waals surface area (Å²) in [5.74, 6) is 0.981. The zero-order valence-corrected chi connectivity index (χ0v) is 17.1. The Labute approximate surface area is 171 Å². The Bertz CT molecular complexity index is 1060. The van der Waals surface area contributed by atoms with Crippen molar-refractivity contribution in [2.45, 2.75) is 6.42 Å². The number of ether oxygens (including phenoxy) is 2. The maximum absolute atomic E-state index is 12.3. The molecule has 0 radical (unpaired) electrons. The second-order valence-corrected chi connectivity index (χ2v) is 6.82.